The molecule has 0 atom stereocenters. The molecule has 0 aliphatic carbocycles. The van der Waals surface area contributed by atoms with Crippen molar-refractivity contribution in [2.24, 2.45) is 17.5 Å². The molecule has 0 saturated carbocycles. The van der Waals surface area contributed by atoms with E-state index >= 15 is 0 Å². The zero-order chi connectivity index (χ0) is 43.9. The van der Waals surface area contributed by atoms with Crippen LogP contribution in [0.5, 0.6) is 11.5 Å². The maximum absolute atomic E-state index is 12.6. The monoisotopic (exact) mass is 1040 g/mol. The maximum atomic E-state index is 12.6. The van der Waals surface area contributed by atoms with Gasteiger partial charge in [0.2, 0.25) is 0 Å². The predicted molar refractivity (Wildman–Crippen MR) is 229 cm³/mol. The summed E-state index contributed by atoms with van der Waals surface area (Å²) in [6.45, 7) is 0. The van der Waals surface area contributed by atoms with E-state index in [-0.39, 0.29) is 42.8 Å². The van der Waals surface area contributed by atoms with Crippen molar-refractivity contribution in [3.8, 4) is 53.3 Å². The first-order valence-corrected chi connectivity index (χ1v) is 20.9. The van der Waals surface area contributed by atoms with Crippen molar-refractivity contribution in [3.05, 3.63) is 122 Å². The Morgan fingerprint density at radius 2 is 0.869 bits per heavy atom. The third kappa shape index (κ3) is 8.46. The Bertz CT molecular complexity index is 2960. The molecule has 0 unspecified atom stereocenters. The lowest BCUT2D eigenvalue weighted by Gasteiger charge is -2.10. The third-order valence-electron chi connectivity index (χ3n) is 8.39. The summed E-state index contributed by atoms with van der Waals surface area (Å²) >= 11 is 9.79. The number of methoxy groups -OCH3 is 1. The van der Waals surface area contributed by atoms with Crippen molar-refractivity contribution in [1.82, 2.24) is 0 Å². The van der Waals surface area contributed by atoms with E-state index in [1.54, 1.807) is 43.5 Å². The Labute approximate surface area is 369 Å². The number of thiophene rings is 2. The van der Waals surface area contributed by atoms with Crippen LogP contribution in [0.25, 0.3) is 41.8 Å². The zero-order valence-corrected chi connectivity index (χ0v) is 36.0. The summed E-state index contributed by atoms with van der Waals surface area (Å²) in [6, 6.07) is 18.9. The van der Waals surface area contributed by atoms with Gasteiger partial charge in [0.1, 0.15) is 54.3 Å². The number of ether oxygens (including phenoxy) is 2. The van der Waals surface area contributed by atoms with Gasteiger partial charge in [0.15, 0.2) is 0 Å². The molecular weight excluding hydrogens is 1030 g/mol. The van der Waals surface area contributed by atoms with Crippen LogP contribution in [0.15, 0.2) is 99.2 Å². The second kappa shape index (κ2) is 17.1. The smallest absolute Gasteiger partial charge is 0.497 e. The van der Waals surface area contributed by atoms with E-state index in [4.69, 9.17) is 4.74 Å². The zero-order valence-electron chi connectivity index (χ0n) is 29.6. The topological polar surface area (TPSA) is 240 Å². The van der Waals surface area contributed by atoms with Crippen LogP contribution >= 0.6 is 54.5 Å². The summed E-state index contributed by atoms with van der Waals surface area (Å²) in [7, 11) is 1.55. The summed E-state index contributed by atoms with van der Waals surface area (Å²) in [4.78, 5) is 45.6. The highest BCUT2D eigenvalue weighted by molar-refractivity contribution is 9.11. The second-order valence-corrected chi connectivity index (χ2v) is 16.7. The molecule has 2 aromatic heterocycles. The Kier molecular flexibility index (Phi) is 12.0. The summed E-state index contributed by atoms with van der Waals surface area (Å²) in [5.74, 6) is 0.255. The van der Waals surface area contributed by atoms with Gasteiger partial charge in [-0.2, -0.15) is 17.5 Å². The van der Waals surface area contributed by atoms with Gasteiger partial charge >= 0.3 is 29.1 Å². The summed E-state index contributed by atoms with van der Waals surface area (Å²) in [6.07, 6.45) is -4.84. The fourth-order valence-electron chi connectivity index (χ4n) is 5.87. The van der Waals surface area contributed by atoms with Gasteiger partial charge in [0, 0.05) is 19.5 Å². The second-order valence-electron chi connectivity index (χ2n) is 11.9. The minimum atomic E-state index is -4.84. The summed E-state index contributed by atoms with van der Waals surface area (Å²) in [5, 5.41) is 46.8. The normalized spacial score (nSPS) is 12.1. The fourth-order valence-corrected chi connectivity index (χ4v) is 10.6. The van der Waals surface area contributed by atoms with Gasteiger partial charge in [-0.15, -0.1) is 35.8 Å². The molecule has 2 aliphatic rings. The average Bonchev–Trinajstić information content (AvgIpc) is 4.05. The van der Waals surface area contributed by atoms with Crippen LogP contribution in [0.1, 0.15) is 0 Å². The predicted octanol–water partition coefficient (Wildman–Crippen LogP) is 13.7. The van der Waals surface area contributed by atoms with Gasteiger partial charge < -0.3 is 9.47 Å². The molecular formula is C34H15Br2F3N8O10S4. The molecule has 8 rings (SSSR count). The number of nitro groups is 4. The lowest BCUT2D eigenvalue weighted by Crippen LogP contribution is -2.16. The van der Waals surface area contributed by atoms with Crippen LogP contribution < -0.4 is 9.47 Å². The van der Waals surface area contributed by atoms with Crippen molar-refractivity contribution >= 4 is 123 Å². The number of hydrogen-bond donors (Lipinski definition) is 0. The number of fused-ring (bicyclic) bond motifs is 2. The van der Waals surface area contributed by atoms with E-state index in [1.165, 1.54) is 23.5 Å². The van der Waals surface area contributed by atoms with Crippen LogP contribution in [0.2, 0.25) is 0 Å². The fraction of sp³-hybridized carbons (Fsp3) is 0.0588. The quantitative estimate of drug-likeness (QED) is 0.0926. The van der Waals surface area contributed by atoms with Crippen LogP contribution in [0, 0.1) is 40.5 Å². The molecule has 0 saturated heterocycles. The maximum Gasteiger partial charge on any atom is 0.573 e. The van der Waals surface area contributed by atoms with Gasteiger partial charge in [0.25, 0.3) is 0 Å². The van der Waals surface area contributed by atoms with E-state index in [0.717, 1.165) is 56.6 Å². The van der Waals surface area contributed by atoms with Gasteiger partial charge in [-0.3, -0.25) is 40.5 Å². The molecule has 6 aromatic rings. The summed E-state index contributed by atoms with van der Waals surface area (Å²) < 4.78 is 63.0. The molecule has 0 spiro atoms. The Hall–Kier alpha value is -6.13. The van der Waals surface area contributed by atoms with Gasteiger partial charge in [-0.1, -0.05) is 0 Å². The molecule has 4 aromatic carbocycles. The average molecular weight is 1040 g/mol. The highest BCUT2D eigenvalue weighted by Gasteiger charge is 2.42. The first kappa shape index (κ1) is 43.0. The van der Waals surface area contributed by atoms with E-state index in [9.17, 15) is 53.6 Å². The van der Waals surface area contributed by atoms with Gasteiger partial charge in [0.05, 0.1) is 49.5 Å². The Morgan fingerprint density at radius 3 is 1.21 bits per heavy atom. The van der Waals surface area contributed by atoms with Crippen molar-refractivity contribution in [2.75, 3.05) is 7.11 Å². The van der Waals surface area contributed by atoms with Crippen LogP contribution in [0.4, 0.5) is 58.7 Å². The molecule has 4 heterocycles. The van der Waals surface area contributed by atoms with E-state index < -0.39 is 54.6 Å². The van der Waals surface area contributed by atoms with E-state index in [2.05, 4.69) is 54.0 Å². The van der Waals surface area contributed by atoms with Crippen molar-refractivity contribution < 1.29 is 42.3 Å². The number of nitro benzene ring substituents is 4. The first-order chi connectivity index (χ1) is 29.0. The van der Waals surface area contributed by atoms with Crippen LogP contribution in [-0.4, -0.2) is 33.2 Å². The van der Waals surface area contributed by atoms with Crippen molar-refractivity contribution in [1.29, 1.82) is 0 Å². The molecule has 2 aliphatic heterocycles. The molecule has 27 heteroatoms. The third-order valence-corrected chi connectivity index (χ3v) is 13.2. The molecule has 0 bridgehead atoms. The van der Waals surface area contributed by atoms with Gasteiger partial charge in [-0.25, -0.2) is 0 Å². The minimum Gasteiger partial charge on any atom is -0.497 e. The number of rotatable bonds is 10. The number of benzene rings is 4. The Morgan fingerprint density at radius 1 is 0.525 bits per heavy atom. The lowest BCUT2D eigenvalue weighted by molar-refractivity contribution is -0.423. The molecule has 0 amide bonds. The number of nitrogens with zero attached hydrogens (tertiary/aromatic N) is 8. The highest BCUT2D eigenvalue weighted by Crippen LogP contribution is 2.60. The molecule has 18 nitrogen and oxygen atoms in total. The number of alkyl halides is 3. The van der Waals surface area contributed by atoms with E-state index in [0.29, 0.717) is 25.9 Å². The molecule has 61 heavy (non-hydrogen) atoms. The van der Waals surface area contributed by atoms with Crippen molar-refractivity contribution in [2.45, 2.75) is 6.36 Å². The standard InChI is InChI=1S/C28H15F3N4O6S3.C6Br2N4O4S/c1-40-16-6-2-14(3-7-16)18-10-12-20(42-18)22-24-25(33-44-32-24)23(27(35(38)39)26(22)34(36)37)21-13-11-19(43-21)15-4-8-17(9-5-15)41-28(29,30)31;7-1-3-4(10-17-9-3)2(8)6(12(15)16)5(1)11(13)14/h2-13H,1H3;. The summed E-state index contributed by atoms with van der Waals surface area (Å²) in [5.41, 5.74) is -0.718. The van der Waals surface area contributed by atoms with E-state index in [1.807, 2.05) is 12.1 Å². The molecule has 0 N–H and O–H groups in total. The lowest BCUT2D eigenvalue weighted by atomic mass is 9.98. The first-order valence-electron chi connectivity index (χ1n) is 16.2. The molecule has 0 fully saturated rings. The number of halogens is 5. The Balaban J connectivity index is 0.000000276. The molecule has 310 valence electrons. The minimum absolute atomic E-state index is 0.00371. The SMILES string of the molecule is COc1ccc(-c2ccc(-c3c4c(c(-c5ccc(-c6ccc(OC(F)(F)F)cc6)s5)c([N+](=O)[O-])c3[N+](=O)[O-])N=S=N4)s2)cc1.O=[N+]([O-])c1c(Br)c2c(c(Br)c1[N+](=O)[O-])N=S=N2. The number of hydrogen-bond acceptors (Lipinski definition) is 16. The molecule has 0 radical (unpaired) electrons. The van der Waals surface area contributed by atoms with Crippen LogP contribution in [-0.2, 0) is 22.7 Å². The highest BCUT2D eigenvalue weighted by atomic mass is 79.9. The van der Waals surface area contributed by atoms with Gasteiger partial charge in [-0.05, 0) is 116 Å². The van der Waals surface area contributed by atoms with Crippen molar-refractivity contribution in [3.63, 3.8) is 0 Å². The van der Waals surface area contributed by atoms with Crippen LogP contribution in [0.3, 0.4) is 0 Å². The largest absolute Gasteiger partial charge is 0.573 e.